The zero-order valence-electron chi connectivity index (χ0n) is 16.8. The molecule has 0 aliphatic carbocycles. The smallest absolute Gasteiger partial charge is 0.203 e. The van der Waals surface area contributed by atoms with Crippen LogP contribution in [-0.2, 0) is 17.9 Å². The van der Waals surface area contributed by atoms with E-state index in [1.165, 1.54) is 0 Å². The number of benzene rings is 2. The standard InChI is InChI=1S/C21H28ClNO5/c1-23(11-15-9-10-19(25-2)21(27-4)20(15)26-3)12-17(24)14-28-13-16-7-5-6-8-18(16)22/h5-10,17,24H,11-14H2,1-4H3. The van der Waals surface area contributed by atoms with Crippen LogP contribution >= 0.6 is 11.6 Å². The molecule has 0 radical (unpaired) electrons. The summed E-state index contributed by atoms with van der Waals surface area (Å²) in [5.41, 5.74) is 1.84. The van der Waals surface area contributed by atoms with Crippen molar-refractivity contribution in [1.29, 1.82) is 0 Å². The highest BCUT2D eigenvalue weighted by Gasteiger charge is 2.18. The summed E-state index contributed by atoms with van der Waals surface area (Å²) in [6.45, 7) is 1.60. The van der Waals surface area contributed by atoms with Crippen LogP contribution in [0.5, 0.6) is 17.2 Å². The Labute approximate surface area is 171 Å². The first kappa shape index (κ1) is 22.3. The lowest BCUT2D eigenvalue weighted by Crippen LogP contribution is -2.32. The van der Waals surface area contributed by atoms with E-state index < -0.39 is 6.10 Å². The summed E-state index contributed by atoms with van der Waals surface area (Å²) in [5.74, 6) is 1.79. The summed E-state index contributed by atoms with van der Waals surface area (Å²) < 4.78 is 21.8. The first-order valence-corrected chi connectivity index (χ1v) is 9.33. The number of nitrogens with zero attached hydrogens (tertiary/aromatic N) is 1. The molecule has 2 aromatic carbocycles. The molecule has 2 rings (SSSR count). The van der Waals surface area contributed by atoms with Gasteiger partial charge >= 0.3 is 0 Å². The highest BCUT2D eigenvalue weighted by Crippen LogP contribution is 2.40. The minimum atomic E-state index is -0.626. The van der Waals surface area contributed by atoms with Crippen LogP contribution in [0.3, 0.4) is 0 Å². The van der Waals surface area contributed by atoms with Gasteiger partial charge in [-0.25, -0.2) is 0 Å². The predicted molar refractivity (Wildman–Crippen MR) is 110 cm³/mol. The van der Waals surface area contributed by atoms with E-state index in [4.69, 9.17) is 30.5 Å². The number of hydrogen-bond donors (Lipinski definition) is 1. The molecule has 0 saturated heterocycles. The maximum absolute atomic E-state index is 10.3. The molecule has 7 heteroatoms. The fourth-order valence-corrected chi connectivity index (χ4v) is 3.17. The second-order valence-corrected chi connectivity index (χ2v) is 6.86. The van der Waals surface area contributed by atoms with Crippen LogP contribution in [0.4, 0.5) is 0 Å². The third-order valence-electron chi connectivity index (χ3n) is 4.27. The first-order valence-electron chi connectivity index (χ1n) is 8.95. The molecule has 0 aliphatic heterocycles. The normalized spacial score (nSPS) is 12.1. The minimum Gasteiger partial charge on any atom is -0.493 e. The van der Waals surface area contributed by atoms with Crippen LogP contribution in [0.25, 0.3) is 0 Å². The average Bonchev–Trinajstić information content (AvgIpc) is 2.68. The number of ether oxygens (including phenoxy) is 4. The molecule has 1 atom stereocenters. The van der Waals surface area contributed by atoms with Gasteiger partial charge in [0.25, 0.3) is 0 Å². The second-order valence-electron chi connectivity index (χ2n) is 6.45. The summed E-state index contributed by atoms with van der Waals surface area (Å²) >= 11 is 6.11. The topological polar surface area (TPSA) is 60.4 Å². The van der Waals surface area contributed by atoms with Gasteiger partial charge < -0.3 is 24.1 Å². The van der Waals surface area contributed by atoms with Gasteiger partial charge in [-0.05, 0) is 24.7 Å². The quantitative estimate of drug-likeness (QED) is 0.614. The Morgan fingerprint density at radius 2 is 1.68 bits per heavy atom. The number of likely N-dealkylation sites (N-methyl/N-ethyl adjacent to an activating group) is 1. The van der Waals surface area contributed by atoms with Gasteiger partial charge in [0.1, 0.15) is 0 Å². The fourth-order valence-electron chi connectivity index (χ4n) is 2.98. The summed E-state index contributed by atoms with van der Waals surface area (Å²) in [6, 6.07) is 11.3. The van der Waals surface area contributed by atoms with Crippen molar-refractivity contribution < 1.29 is 24.1 Å². The second kappa shape index (κ2) is 11.1. The predicted octanol–water partition coefficient (Wildman–Crippen LogP) is 3.38. The fraction of sp³-hybridized carbons (Fsp3) is 0.429. The molecule has 0 aliphatic rings. The number of methoxy groups -OCH3 is 3. The van der Waals surface area contributed by atoms with Gasteiger partial charge in [0, 0.05) is 23.7 Å². The molecule has 0 fully saturated rings. The van der Waals surface area contributed by atoms with Gasteiger partial charge in [0.05, 0.1) is 40.6 Å². The molecule has 1 unspecified atom stereocenters. The van der Waals surface area contributed by atoms with E-state index in [1.807, 2.05) is 48.3 Å². The van der Waals surface area contributed by atoms with Gasteiger partial charge in [-0.3, -0.25) is 4.90 Å². The van der Waals surface area contributed by atoms with Crippen molar-refractivity contribution in [2.75, 3.05) is 41.5 Å². The third-order valence-corrected chi connectivity index (χ3v) is 4.64. The molecule has 154 valence electrons. The number of aliphatic hydroxyl groups excluding tert-OH is 1. The van der Waals surface area contributed by atoms with Crippen molar-refractivity contribution >= 4 is 11.6 Å². The van der Waals surface area contributed by atoms with Crippen molar-refractivity contribution in [3.8, 4) is 17.2 Å². The molecule has 6 nitrogen and oxygen atoms in total. The molecule has 0 bridgehead atoms. The van der Waals surface area contributed by atoms with E-state index >= 15 is 0 Å². The highest BCUT2D eigenvalue weighted by molar-refractivity contribution is 6.31. The van der Waals surface area contributed by atoms with E-state index in [0.717, 1.165) is 11.1 Å². The van der Waals surface area contributed by atoms with Crippen LogP contribution in [0.1, 0.15) is 11.1 Å². The van der Waals surface area contributed by atoms with E-state index in [2.05, 4.69) is 0 Å². The lowest BCUT2D eigenvalue weighted by molar-refractivity contribution is 0.0126. The highest BCUT2D eigenvalue weighted by atomic mass is 35.5. The van der Waals surface area contributed by atoms with Crippen molar-refractivity contribution in [1.82, 2.24) is 4.90 Å². The Hall–Kier alpha value is -1.99. The zero-order chi connectivity index (χ0) is 20.5. The van der Waals surface area contributed by atoms with Gasteiger partial charge in [-0.2, -0.15) is 0 Å². The van der Waals surface area contributed by atoms with Crippen LogP contribution in [0.2, 0.25) is 5.02 Å². The Morgan fingerprint density at radius 3 is 2.32 bits per heavy atom. The zero-order valence-corrected chi connectivity index (χ0v) is 17.5. The molecular weight excluding hydrogens is 382 g/mol. The molecule has 0 saturated carbocycles. The van der Waals surface area contributed by atoms with Crippen molar-refractivity contribution in [3.05, 3.63) is 52.5 Å². The van der Waals surface area contributed by atoms with Gasteiger partial charge in [0.2, 0.25) is 5.75 Å². The molecule has 0 spiro atoms. The van der Waals surface area contributed by atoms with Crippen LogP contribution in [0, 0.1) is 0 Å². The molecule has 0 aromatic heterocycles. The third kappa shape index (κ3) is 6.01. The monoisotopic (exact) mass is 409 g/mol. The van der Waals surface area contributed by atoms with Crippen molar-refractivity contribution in [2.45, 2.75) is 19.3 Å². The van der Waals surface area contributed by atoms with E-state index in [1.54, 1.807) is 21.3 Å². The SMILES string of the molecule is COc1ccc(CN(C)CC(O)COCc2ccccc2Cl)c(OC)c1OC. The summed E-state index contributed by atoms with van der Waals surface area (Å²) in [5, 5.41) is 10.9. The van der Waals surface area contributed by atoms with Gasteiger partial charge in [-0.1, -0.05) is 35.9 Å². The first-order chi connectivity index (χ1) is 13.5. The Balaban J connectivity index is 1.89. The molecular formula is C21H28ClNO5. The van der Waals surface area contributed by atoms with Crippen LogP contribution < -0.4 is 14.2 Å². The number of halogens is 1. The van der Waals surface area contributed by atoms with Crippen molar-refractivity contribution in [2.24, 2.45) is 0 Å². The Morgan fingerprint density at radius 1 is 0.964 bits per heavy atom. The minimum absolute atomic E-state index is 0.221. The molecule has 2 aromatic rings. The van der Waals surface area contributed by atoms with Gasteiger partial charge in [-0.15, -0.1) is 0 Å². The Kier molecular flexibility index (Phi) is 8.86. The molecule has 28 heavy (non-hydrogen) atoms. The number of rotatable bonds is 11. The summed E-state index contributed by atoms with van der Waals surface area (Å²) in [6.07, 6.45) is -0.626. The summed E-state index contributed by atoms with van der Waals surface area (Å²) in [4.78, 5) is 1.99. The lowest BCUT2D eigenvalue weighted by Gasteiger charge is -2.23. The summed E-state index contributed by atoms with van der Waals surface area (Å²) in [7, 11) is 6.68. The average molecular weight is 410 g/mol. The van der Waals surface area contributed by atoms with E-state index in [0.29, 0.717) is 42.0 Å². The van der Waals surface area contributed by atoms with Crippen LogP contribution in [0.15, 0.2) is 36.4 Å². The van der Waals surface area contributed by atoms with Crippen LogP contribution in [-0.4, -0.2) is 57.6 Å². The number of hydrogen-bond acceptors (Lipinski definition) is 6. The molecule has 0 amide bonds. The number of aliphatic hydroxyl groups is 1. The molecule has 1 N–H and O–H groups in total. The largest absolute Gasteiger partial charge is 0.493 e. The maximum Gasteiger partial charge on any atom is 0.203 e. The van der Waals surface area contributed by atoms with E-state index in [9.17, 15) is 5.11 Å². The van der Waals surface area contributed by atoms with Gasteiger partial charge in [0.15, 0.2) is 11.5 Å². The van der Waals surface area contributed by atoms with Crippen molar-refractivity contribution in [3.63, 3.8) is 0 Å². The Bertz CT molecular complexity index is 756. The maximum atomic E-state index is 10.3. The van der Waals surface area contributed by atoms with E-state index in [-0.39, 0.29) is 6.61 Å². The lowest BCUT2D eigenvalue weighted by atomic mass is 10.1. The molecule has 0 heterocycles.